The highest BCUT2D eigenvalue weighted by Gasteiger charge is 2.28. The fraction of sp³-hybridized carbons (Fsp3) is 0.700. The van der Waals surface area contributed by atoms with E-state index in [1.165, 1.54) is 0 Å². The first kappa shape index (κ1) is 10.1. The highest BCUT2D eigenvalue weighted by atomic mass is 32.1. The summed E-state index contributed by atoms with van der Waals surface area (Å²) in [5, 5.41) is 6.74. The van der Waals surface area contributed by atoms with Gasteiger partial charge < -0.3 is 10.1 Å². The van der Waals surface area contributed by atoms with Gasteiger partial charge in [-0.25, -0.2) is 4.98 Å². The van der Waals surface area contributed by atoms with Gasteiger partial charge in [-0.2, -0.15) is 0 Å². The molecule has 1 unspecified atom stereocenters. The van der Waals surface area contributed by atoms with Crippen LogP contribution in [0, 0.1) is 0 Å². The topological polar surface area (TPSA) is 34.1 Å². The molecule has 3 nitrogen and oxygen atoms in total. The summed E-state index contributed by atoms with van der Waals surface area (Å²) < 4.78 is 5.34. The number of hydrogen-bond donors (Lipinski definition) is 1. The summed E-state index contributed by atoms with van der Waals surface area (Å²) in [6.45, 7) is 6.05. The zero-order chi connectivity index (χ0) is 10.0. The van der Waals surface area contributed by atoms with E-state index in [4.69, 9.17) is 4.74 Å². The highest BCUT2D eigenvalue weighted by molar-refractivity contribution is 7.09. The number of nitrogens with zero attached hydrogens (tertiary/aromatic N) is 1. The number of hydrogen-bond acceptors (Lipinski definition) is 4. The summed E-state index contributed by atoms with van der Waals surface area (Å²) in [7, 11) is 0. The summed E-state index contributed by atoms with van der Waals surface area (Å²) in [5.41, 5.74) is -0.0352. The van der Waals surface area contributed by atoms with Gasteiger partial charge in [0, 0.05) is 24.2 Å². The summed E-state index contributed by atoms with van der Waals surface area (Å²) in [4.78, 5) is 4.35. The number of ether oxygens (including phenoxy) is 1. The smallest absolute Gasteiger partial charge is 0.112 e. The van der Waals surface area contributed by atoms with Crippen molar-refractivity contribution in [1.29, 1.82) is 0 Å². The van der Waals surface area contributed by atoms with Crippen molar-refractivity contribution >= 4 is 11.3 Å². The Bertz CT molecular complexity index is 278. The zero-order valence-corrected chi connectivity index (χ0v) is 9.43. The molecular formula is C10H16N2OS. The number of thiazole rings is 1. The van der Waals surface area contributed by atoms with Crippen LogP contribution in [-0.2, 0) is 10.3 Å². The molecule has 0 saturated carbocycles. The Kier molecular flexibility index (Phi) is 2.85. The van der Waals surface area contributed by atoms with Gasteiger partial charge in [-0.05, 0) is 20.3 Å². The minimum Gasteiger partial charge on any atom is -0.380 e. The summed E-state index contributed by atoms with van der Waals surface area (Å²) in [5.74, 6) is 0. The van der Waals surface area contributed by atoms with Crippen LogP contribution in [0.4, 0.5) is 0 Å². The first-order valence-corrected chi connectivity index (χ1v) is 5.82. The van der Waals surface area contributed by atoms with Crippen LogP contribution in [0.3, 0.4) is 0 Å². The second kappa shape index (κ2) is 3.96. The minimum absolute atomic E-state index is 0.0352. The summed E-state index contributed by atoms with van der Waals surface area (Å²) in [6, 6.07) is 0.480. The lowest BCUT2D eigenvalue weighted by molar-refractivity contribution is 0.183. The van der Waals surface area contributed by atoms with E-state index in [0.29, 0.717) is 6.04 Å². The SMILES string of the molecule is CC(C)(NC1CCOC1)c1nccs1. The van der Waals surface area contributed by atoms with Gasteiger partial charge in [-0.15, -0.1) is 11.3 Å². The van der Waals surface area contributed by atoms with Crippen molar-refractivity contribution in [1.82, 2.24) is 10.3 Å². The Morgan fingerprint density at radius 1 is 1.64 bits per heavy atom. The largest absolute Gasteiger partial charge is 0.380 e. The van der Waals surface area contributed by atoms with Crippen LogP contribution in [0.1, 0.15) is 25.3 Å². The maximum Gasteiger partial charge on any atom is 0.112 e. The van der Waals surface area contributed by atoms with Gasteiger partial charge in [0.1, 0.15) is 5.01 Å². The third-order valence-corrected chi connectivity index (χ3v) is 3.56. The van der Waals surface area contributed by atoms with Crippen LogP contribution < -0.4 is 5.32 Å². The maximum absolute atomic E-state index is 5.34. The predicted molar refractivity (Wildman–Crippen MR) is 57.5 cm³/mol. The molecule has 0 aliphatic carbocycles. The lowest BCUT2D eigenvalue weighted by atomic mass is 10.0. The molecule has 1 aromatic rings. The summed E-state index contributed by atoms with van der Waals surface area (Å²) >= 11 is 1.70. The van der Waals surface area contributed by atoms with E-state index in [0.717, 1.165) is 24.6 Å². The summed E-state index contributed by atoms with van der Waals surface area (Å²) in [6.07, 6.45) is 2.96. The predicted octanol–water partition coefficient (Wildman–Crippen LogP) is 1.76. The van der Waals surface area contributed by atoms with Crippen molar-refractivity contribution in [2.75, 3.05) is 13.2 Å². The van der Waals surface area contributed by atoms with E-state index >= 15 is 0 Å². The molecule has 2 rings (SSSR count). The van der Waals surface area contributed by atoms with E-state index in [9.17, 15) is 0 Å². The normalized spacial score (nSPS) is 22.9. The molecule has 1 saturated heterocycles. The van der Waals surface area contributed by atoms with Crippen molar-refractivity contribution < 1.29 is 4.74 Å². The van der Waals surface area contributed by atoms with E-state index in [-0.39, 0.29) is 5.54 Å². The standard InChI is InChI=1S/C10H16N2OS/c1-10(2,9-11-4-6-14-9)12-8-3-5-13-7-8/h4,6,8,12H,3,5,7H2,1-2H3. The molecule has 1 fully saturated rings. The quantitative estimate of drug-likeness (QED) is 0.829. The van der Waals surface area contributed by atoms with Crippen molar-refractivity contribution in [3.63, 3.8) is 0 Å². The van der Waals surface area contributed by atoms with Gasteiger partial charge >= 0.3 is 0 Å². The maximum atomic E-state index is 5.34. The van der Waals surface area contributed by atoms with Crippen LogP contribution in [0.15, 0.2) is 11.6 Å². The monoisotopic (exact) mass is 212 g/mol. The van der Waals surface area contributed by atoms with Crippen molar-refractivity contribution in [3.05, 3.63) is 16.6 Å². The average Bonchev–Trinajstić information content (AvgIpc) is 2.71. The molecule has 0 bridgehead atoms. The molecule has 0 spiro atoms. The first-order valence-electron chi connectivity index (χ1n) is 4.94. The minimum atomic E-state index is -0.0352. The van der Waals surface area contributed by atoms with Crippen LogP contribution in [-0.4, -0.2) is 24.2 Å². The van der Waals surface area contributed by atoms with Gasteiger partial charge in [0.05, 0.1) is 12.1 Å². The lowest BCUT2D eigenvalue weighted by Gasteiger charge is -2.27. The van der Waals surface area contributed by atoms with Crippen LogP contribution in [0.5, 0.6) is 0 Å². The van der Waals surface area contributed by atoms with Gasteiger partial charge in [0.15, 0.2) is 0 Å². The van der Waals surface area contributed by atoms with Gasteiger partial charge in [-0.1, -0.05) is 0 Å². The van der Waals surface area contributed by atoms with Crippen molar-refractivity contribution in [2.24, 2.45) is 0 Å². The van der Waals surface area contributed by atoms with Crippen LogP contribution in [0.25, 0.3) is 0 Å². The second-order valence-electron chi connectivity index (χ2n) is 4.17. The third-order valence-electron chi connectivity index (χ3n) is 2.46. The van der Waals surface area contributed by atoms with Gasteiger partial charge in [0.25, 0.3) is 0 Å². The molecule has 1 aliphatic heterocycles. The van der Waals surface area contributed by atoms with Crippen molar-refractivity contribution in [2.45, 2.75) is 31.8 Å². The molecule has 1 aromatic heterocycles. The lowest BCUT2D eigenvalue weighted by Crippen LogP contribution is -2.44. The van der Waals surface area contributed by atoms with E-state index in [1.54, 1.807) is 11.3 Å². The van der Waals surface area contributed by atoms with Gasteiger partial charge in [0.2, 0.25) is 0 Å². The zero-order valence-electron chi connectivity index (χ0n) is 8.62. The molecule has 78 valence electrons. The fourth-order valence-corrected chi connectivity index (χ4v) is 2.48. The van der Waals surface area contributed by atoms with Crippen LogP contribution in [0.2, 0.25) is 0 Å². The molecule has 1 N–H and O–H groups in total. The number of nitrogens with one attached hydrogen (secondary N) is 1. The first-order chi connectivity index (χ1) is 6.68. The Hall–Kier alpha value is -0.450. The molecule has 4 heteroatoms. The van der Waals surface area contributed by atoms with E-state index in [2.05, 4.69) is 24.1 Å². The Morgan fingerprint density at radius 3 is 3.07 bits per heavy atom. The fourth-order valence-electron chi connectivity index (χ4n) is 1.75. The molecule has 1 aliphatic rings. The molecular weight excluding hydrogens is 196 g/mol. The molecule has 0 radical (unpaired) electrons. The number of rotatable bonds is 3. The van der Waals surface area contributed by atoms with E-state index in [1.807, 2.05) is 11.6 Å². The van der Waals surface area contributed by atoms with Crippen LogP contribution >= 0.6 is 11.3 Å². The molecule has 2 heterocycles. The van der Waals surface area contributed by atoms with Crippen molar-refractivity contribution in [3.8, 4) is 0 Å². The average molecular weight is 212 g/mol. The van der Waals surface area contributed by atoms with E-state index < -0.39 is 0 Å². The Morgan fingerprint density at radius 2 is 2.50 bits per heavy atom. The molecule has 14 heavy (non-hydrogen) atoms. The third kappa shape index (κ3) is 2.13. The van der Waals surface area contributed by atoms with Gasteiger partial charge in [-0.3, -0.25) is 0 Å². The molecule has 1 atom stereocenters. The molecule has 0 amide bonds. The highest BCUT2D eigenvalue weighted by Crippen LogP contribution is 2.23. The second-order valence-corrected chi connectivity index (χ2v) is 5.06. The molecule has 0 aromatic carbocycles. The Balaban J connectivity index is 2.01. The Labute approximate surface area is 88.5 Å². The number of aromatic nitrogens is 1.